The maximum Gasteiger partial charge on any atom is 0.145 e. The number of nitrogen functional groups attached to an aromatic ring is 2. The van der Waals surface area contributed by atoms with E-state index in [0.717, 1.165) is 47.5 Å². The highest BCUT2D eigenvalue weighted by molar-refractivity contribution is 5.38. The molecule has 0 unspecified atom stereocenters. The number of rotatable bonds is 2. The number of hydrogen-bond donors (Lipinski definition) is 2. The quantitative estimate of drug-likeness (QED) is 0.800. The first-order valence-electron chi connectivity index (χ1n) is 7.70. The number of hydrogen-bond acceptors (Lipinski definition) is 3. The highest BCUT2D eigenvalue weighted by atomic mass is 15.4. The summed E-state index contributed by atoms with van der Waals surface area (Å²) in [5, 5.41) is 0. The van der Waals surface area contributed by atoms with Crippen molar-refractivity contribution in [2.75, 3.05) is 11.6 Å². The van der Waals surface area contributed by atoms with E-state index >= 15 is 0 Å². The maximum absolute atomic E-state index is 6.08. The Bertz CT molecular complexity index is 476. The first kappa shape index (κ1) is 11.6. The van der Waals surface area contributed by atoms with Crippen LogP contribution in [0.5, 0.6) is 0 Å². The van der Waals surface area contributed by atoms with Gasteiger partial charge in [-0.15, -0.1) is 0 Å². The lowest BCUT2D eigenvalue weighted by Gasteiger charge is -2.54. The molecule has 0 amide bonds. The minimum Gasteiger partial charge on any atom is -0.382 e. The lowest BCUT2D eigenvalue weighted by atomic mass is 9.51. The van der Waals surface area contributed by atoms with Crippen LogP contribution in [0.4, 0.5) is 5.82 Å². The molecule has 4 bridgehead atoms. The molecule has 5 rings (SSSR count). The maximum atomic E-state index is 6.08. The van der Waals surface area contributed by atoms with Crippen LogP contribution < -0.4 is 11.6 Å². The molecule has 4 N–H and O–H groups in total. The molecular formula is C15H24N4. The third kappa shape index (κ3) is 1.68. The van der Waals surface area contributed by atoms with E-state index in [9.17, 15) is 0 Å². The van der Waals surface area contributed by atoms with Gasteiger partial charge in [0.1, 0.15) is 11.6 Å². The number of aryl methyl sites for hydroxylation is 1. The molecule has 104 valence electrons. The van der Waals surface area contributed by atoms with E-state index in [1.807, 2.05) is 6.92 Å². The van der Waals surface area contributed by atoms with Gasteiger partial charge in [-0.25, -0.2) is 9.66 Å². The molecule has 4 heteroatoms. The van der Waals surface area contributed by atoms with Crippen LogP contribution in [-0.4, -0.2) is 9.66 Å². The second-order valence-corrected chi connectivity index (χ2v) is 7.16. The third-order valence-electron chi connectivity index (χ3n) is 6.05. The van der Waals surface area contributed by atoms with E-state index in [-0.39, 0.29) is 0 Å². The summed E-state index contributed by atoms with van der Waals surface area (Å²) in [6.45, 7) is 1.93. The Morgan fingerprint density at radius 3 is 2.16 bits per heavy atom. The second-order valence-electron chi connectivity index (χ2n) is 7.16. The predicted molar refractivity (Wildman–Crippen MR) is 75.8 cm³/mol. The Morgan fingerprint density at radius 2 is 1.68 bits per heavy atom. The zero-order valence-electron chi connectivity index (χ0n) is 11.7. The monoisotopic (exact) mass is 260 g/mol. The molecule has 1 aromatic rings. The molecule has 4 saturated carbocycles. The van der Waals surface area contributed by atoms with Crippen LogP contribution in [0, 0.1) is 36.5 Å². The Hall–Kier alpha value is -1.19. The summed E-state index contributed by atoms with van der Waals surface area (Å²) in [5.41, 5.74) is 7.12. The molecule has 0 saturated heterocycles. The summed E-state index contributed by atoms with van der Waals surface area (Å²) in [6.07, 6.45) is 8.39. The number of anilines is 1. The van der Waals surface area contributed by atoms with Crippen molar-refractivity contribution in [3.8, 4) is 0 Å². The number of nitrogens with zero attached hydrogens (tertiary/aromatic N) is 2. The Balaban J connectivity index is 1.58. The van der Waals surface area contributed by atoms with Gasteiger partial charge in [-0.2, -0.15) is 0 Å². The van der Waals surface area contributed by atoms with Gasteiger partial charge in [0.25, 0.3) is 0 Å². The van der Waals surface area contributed by atoms with E-state index < -0.39 is 0 Å². The molecule has 4 aliphatic carbocycles. The fourth-order valence-electron chi connectivity index (χ4n) is 5.36. The van der Waals surface area contributed by atoms with Gasteiger partial charge < -0.3 is 11.6 Å². The van der Waals surface area contributed by atoms with Crippen LogP contribution in [-0.2, 0) is 6.42 Å². The minimum absolute atomic E-state index is 0.673. The van der Waals surface area contributed by atoms with Crippen molar-refractivity contribution in [2.24, 2.45) is 29.6 Å². The van der Waals surface area contributed by atoms with Crippen molar-refractivity contribution in [1.82, 2.24) is 9.66 Å². The zero-order chi connectivity index (χ0) is 13.1. The minimum atomic E-state index is 0.673. The van der Waals surface area contributed by atoms with Crippen LogP contribution in [0.25, 0.3) is 0 Å². The molecule has 1 aromatic heterocycles. The fraction of sp³-hybridized carbons (Fsp3) is 0.800. The second kappa shape index (κ2) is 3.90. The van der Waals surface area contributed by atoms with Crippen LogP contribution in [0.1, 0.15) is 43.6 Å². The molecule has 0 atom stereocenters. The van der Waals surface area contributed by atoms with Crippen molar-refractivity contribution < 1.29 is 0 Å². The third-order valence-corrected chi connectivity index (χ3v) is 6.05. The summed E-state index contributed by atoms with van der Waals surface area (Å²) < 4.78 is 1.53. The first-order chi connectivity index (χ1) is 9.11. The van der Waals surface area contributed by atoms with Gasteiger partial charge in [-0.1, -0.05) is 0 Å². The van der Waals surface area contributed by atoms with Gasteiger partial charge >= 0.3 is 0 Å². The molecule has 4 aliphatic rings. The smallest absolute Gasteiger partial charge is 0.145 e. The number of nitrogens with two attached hydrogens (primary N) is 2. The van der Waals surface area contributed by atoms with Gasteiger partial charge in [0.05, 0.1) is 5.69 Å². The molecular weight excluding hydrogens is 236 g/mol. The average Bonchev–Trinajstić information content (AvgIpc) is 2.60. The van der Waals surface area contributed by atoms with Crippen LogP contribution in [0.2, 0.25) is 0 Å². The van der Waals surface area contributed by atoms with E-state index in [2.05, 4.69) is 4.98 Å². The van der Waals surface area contributed by atoms with Crippen LogP contribution >= 0.6 is 0 Å². The van der Waals surface area contributed by atoms with Gasteiger partial charge in [0.15, 0.2) is 0 Å². The zero-order valence-corrected chi connectivity index (χ0v) is 11.7. The van der Waals surface area contributed by atoms with E-state index in [1.54, 1.807) is 0 Å². The van der Waals surface area contributed by atoms with Gasteiger partial charge in [0.2, 0.25) is 0 Å². The number of imidazole rings is 1. The predicted octanol–water partition coefficient (Wildman–Crippen LogP) is 2.10. The standard InChI is InChI=1S/C15H24N4/c1-8-18-14(15(16)19(8)17)7-13-11-3-9-2-10(5-11)6-12(13)4-9/h9-13H,2-7,16-17H2,1H3. The molecule has 19 heavy (non-hydrogen) atoms. The summed E-state index contributed by atoms with van der Waals surface area (Å²) in [6, 6.07) is 0. The van der Waals surface area contributed by atoms with E-state index in [4.69, 9.17) is 11.6 Å². The van der Waals surface area contributed by atoms with Crippen molar-refractivity contribution in [3.63, 3.8) is 0 Å². The van der Waals surface area contributed by atoms with Crippen molar-refractivity contribution in [1.29, 1.82) is 0 Å². The van der Waals surface area contributed by atoms with Gasteiger partial charge in [-0.3, -0.25) is 0 Å². The average molecular weight is 260 g/mol. The van der Waals surface area contributed by atoms with Crippen LogP contribution in [0.15, 0.2) is 0 Å². The lowest BCUT2D eigenvalue weighted by Crippen LogP contribution is -2.45. The van der Waals surface area contributed by atoms with Gasteiger partial charge in [-0.05, 0) is 75.0 Å². The fourth-order valence-corrected chi connectivity index (χ4v) is 5.36. The Labute approximate surface area is 114 Å². The summed E-state index contributed by atoms with van der Waals surface area (Å²) in [4.78, 5) is 4.57. The van der Waals surface area contributed by atoms with E-state index in [0.29, 0.717) is 5.82 Å². The summed E-state index contributed by atoms with van der Waals surface area (Å²) >= 11 is 0. The van der Waals surface area contributed by atoms with Gasteiger partial charge in [0, 0.05) is 0 Å². The first-order valence-corrected chi connectivity index (χ1v) is 7.70. The molecule has 4 fully saturated rings. The van der Waals surface area contributed by atoms with Crippen molar-refractivity contribution in [3.05, 3.63) is 11.5 Å². The van der Waals surface area contributed by atoms with Crippen molar-refractivity contribution >= 4 is 5.82 Å². The molecule has 0 aromatic carbocycles. The highest BCUT2D eigenvalue weighted by Crippen LogP contribution is 2.57. The number of aromatic nitrogens is 2. The molecule has 0 aliphatic heterocycles. The Morgan fingerprint density at radius 1 is 1.11 bits per heavy atom. The molecule has 0 radical (unpaired) electrons. The SMILES string of the molecule is Cc1nc(CC2C3CC4CC(C3)CC2C4)c(N)n1N. The Kier molecular flexibility index (Phi) is 2.39. The molecule has 0 spiro atoms. The highest BCUT2D eigenvalue weighted by Gasteiger charge is 2.48. The lowest BCUT2D eigenvalue weighted by molar-refractivity contribution is -0.0362. The molecule has 1 heterocycles. The normalized spacial score (nSPS) is 39.9. The summed E-state index contributed by atoms with van der Waals surface area (Å²) in [5.74, 6) is 12.1. The van der Waals surface area contributed by atoms with Crippen LogP contribution in [0.3, 0.4) is 0 Å². The summed E-state index contributed by atoms with van der Waals surface area (Å²) in [7, 11) is 0. The van der Waals surface area contributed by atoms with E-state index in [1.165, 1.54) is 36.8 Å². The largest absolute Gasteiger partial charge is 0.382 e. The van der Waals surface area contributed by atoms with Crippen molar-refractivity contribution in [2.45, 2.75) is 45.4 Å². The molecule has 4 nitrogen and oxygen atoms in total. The topological polar surface area (TPSA) is 69.9 Å².